The Kier molecular flexibility index (Phi) is 5.58. The molecule has 1 heterocycles. The highest BCUT2D eigenvalue weighted by molar-refractivity contribution is 5.80. The topological polar surface area (TPSA) is 40.6 Å². The van der Waals surface area contributed by atoms with Gasteiger partial charge in [-0.25, -0.2) is 0 Å². The molecule has 1 aromatic rings. The van der Waals surface area contributed by atoms with Crippen molar-refractivity contribution in [2.24, 2.45) is 0 Å². The molecule has 1 fully saturated rings. The maximum atomic E-state index is 12.4. The normalized spacial score (nSPS) is 15.0. The lowest BCUT2D eigenvalue weighted by Crippen LogP contribution is -2.50. The molecule has 4 nitrogen and oxygen atoms in total. The molecule has 0 saturated carbocycles. The first kappa shape index (κ1) is 16.5. The molecule has 0 N–H and O–H groups in total. The number of nitrogens with zero attached hydrogens (tertiary/aromatic N) is 2. The number of carbonyl (C=O) groups is 2. The second-order valence-electron chi connectivity index (χ2n) is 6.11. The number of aryl methyl sites for hydroxylation is 2. The zero-order valence-electron chi connectivity index (χ0n) is 13.9. The monoisotopic (exact) mass is 302 g/mol. The van der Waals surface area contributed by atoms with E-state index >= 15 is 0 Å². The van der Waals surface area contributed by atoms with Crippen LogP contribution < -0.4 is 0 Å². The first-order valence-electron chi connectivity index (χ1n) is 8.13. The van der Waals surface area contributed by atoms with Crippen LogP contribution in [0.15, 0.2) is 18.2 Å². The first-order chi connectivity index (χ1) is 10.5. The summed E-state index contributed by atoms with van der Waals surface area (Å²) in [6, 6.07) is 6.19. The largest absolute Gasteiger partial charge is 0.339 e. The number of rotatable bonds is 4. The molecule has 120 valence electrons. The molecule has 0 atom stereocenters. The average Bonchev–Trinajstić information content (AvgIpc) is 2.51. The van der Waals surface area contributed by atoms with E-state index in [2.05, 4.69) is 26.0 Å². The van der Waals surface area contributed by atoms with Crippen molar-refractivity contribution in [3.63, 3.8) is 0 Å². The molecule has 2 amide bonds. The van der Waals surface area contributed by atoms with Crippen molar-refractivity contribution >= 4 is 11.8 Å². The molecule has 1 aliphatic heterocycles. The number of piperazine rings is 1. The number of benzene rings is 1. The number of carbonyl (C=O) groups excluding carboxylic acids is 2. The summed E-state index contributed by atoms with van der Waals surface area (Å²) in [6.07, 6.45) is 1.94. The van der Waals surface area contributed by atoms with Crippen LogP contribution in [-0.4, -0.2) is 47.8 Å². The molecule has 0 radical (unpaired) electrons. The fourth-order valence-corrected chi connectivity index (χ4v) is 2.78. The second-order valence-corrected chi connectivity index (χ2v) is 6.11. The van der Waals surface area contributed by atoms with Crippen molar-refractivity contribution in [1.29, 1.82) is 0 Å². The SMILES string of the molecule is CCCC(=O)N1CCN(C(=O)Cc2ccc(C)c(C)c2)CC1. The third-order valence-corrected chi connectivity index (χ3v) is 4.38. The van der Waals surface area contributed by atoms with Crippen LogP contribution in [0.1, 0.15) is 36.5 Å². The van der Waals surface area contributed by atoms with E-state index in [9.17, 15) is 9.59 Å². The van der Waals surface area contributed by atoms with Gasteiger partial charge in [0.15, 0.2) is 0 Å². The minimum Gasteiger partial charge on any atom is -0.339 e. The van der Waals surface area contributed by atoms with Gasteiger partial charge in [-0.05, 0) is 37.0 Å². The summed E-state index contributed by atoms with van der Waals surface area (Å²) in [6.45, 7) is 8.80. The molecule has 0 unspecified atom stereocenters. The highest BCUT2D eigenvalue weighted by atomic mass is 16.2. The van der Waals surface area contributed by atoms with E-state index in [0.29, 0.717) is 39.0 Å². The fraction of sp³-hybridized carbons (Fsp3) is 0.556. The van der Waals surface area contributed by atoms with Crippen LogP contribution in [0.4, 0.5) is 0 Å². The summed E-state index contributed by atoms with van der Waals surface area (Å²) >= 11 is 0. The molecular weight excluding hydrogens is 276 g/mol. The molecule has 4 heteroatoms. The highest BCUT2D eigenvalue weighted by Crippen LogP contribution is 2.12. The quantitative estimate of drug-likeness (QED) is 0.856. The number of amides is 2. The van der Waals surface area contributed by atoms with Gasteiger partial charge in [-0.3, -0.25) is 9.59 Å². The summed E-state index contributed by atoms with van der Waals surface area (Å²) in [4.78, 5) is 28.0. The fourth-order valence-electron chi connectivity index (χ4n) is 2.78. The van der Waals surface area contributed by atoms with E-state index in [1.807, 2.05) is 22.8 Å². The molecule has 0 spiro atoms. The van der Waals surface area contributed by atoms with Crippen LogP contribution in [0.5, 0.6) is 0 Å². The van der Waals surface area contributed by atoms with Crippen molar-refractivity contribution in [2.75, 3.05) is 26.2 Å². The molecular formula is C18H26N2O2. The van der Waals surface area contributed by atoms with Crippen LogP contribution in [-0.2, 0) is 16.0 Å². The van der Waals surface area contributed by atoms with Gasteiger partial charge in [-0.1, -0.05) is 25.1 Å². The third kappa shape index (κ3) is 4.09. The smallest absolute Gasteiger partial charge is 0.227 e. The molecule has 2 rings (SSSR count). The predicted octanol–water partition coefficient (Wildman–Crippen LogP) is 2.32. The van der Waals surface area contributed by atoms with Gasteiger partial charge in [0.25, 0.3) is 0 Å². The zero-order chi connectivity index (χ0) is 16.1. The predicted molar refractivity (Wildman–Crippen MR) is 87.7 cm³/mol. The first-order valence-corrected chi connectivity index (χ1v) is 8.13. The lowest BCUT2D eigenvalue weighted by atomic mass is 10.0. The van der Waals surface area contributed by atoms with E-state index < -0.39 is 0 Å². The molecule has 1 aromatic carbocycles. The number of hydrogen-bond donors (Lipinski definition) is 0. The van der Waals surface area contributed by atoms with Crippen LogP contribution in [0, 0.1) is 13.8 Å². The van der Waals surface area contributed by atoms with Gasteiger partial charge in [0.1, 0.15) is 0 Å². The standard InChI is InChI=1S/C18H26N2O2/c1-4-5-17(21)19-8-10-20(11-9-19)18(22)13-16-7-6-14(2)15(3)12-16/h6-7,12H,4-5,8-11,13H2,1-3H3. The van der Waals surface area contributed by atoms with Crippen molar-refractivity contribution in [2.45, 2.75) is 40.0 Å². The Balaban J connectivity index is 1.87. The minimum atomic E-state index is 0.158. The summed E-state index contributed by atoms with van der Waals surface area (Å²) in [5.74, 6) is 0.370. The van der Waals surface area contributed by atoms with Gasteiger partial charge in [-0.2, -0.15) is 0 Å². The molecule has 1 saturated heterocycles. The molecule has 1 aliphatic rings. The van der Waals surface area contributed by atoms with Gasteiger partial charge in [-0.15, -0.1) is 0 Å². The van der Waals surface area contributed by atoms with Crippen LogP contribution in [0.2, 0.25) is 0 Å². The van der Waals surface area contributed by atoms with E-state index in [-0.39, 0.29) is 11.8 Å². The maximum absolute atomic E-state index is 12.4. The van der Waals surface area contributed by atoms with Crippen molar-refractivity contribution in [3.05, 3.63) is 34.9 Å². The van der Waals surface area contributed by atoms with Gasteiger partial charge >= 0.3 is 0 Å². The third-order valence-electron chi connectivity index (χ3n) is 4.38. The molecule has 22 heavy (non-hydrogen) atoms. The van der Waals surface area contributed by atoms with Crippen LogP contribution in [0.3, 0.4) is 0 Å². The Morgan fingerprint density at radius 3 is 2.09 bits per heavy atom. The summed E-state index contributed by atoms with van der Waals surface area (Å²) in [5.41, 5.74) is 3.54. The summed E-state index contributed by atoms with van der Waals surface area (Å²) in [5, 5.41) is 0. The Morgan fingerprint density at radius 1 is 0.955 bits per heavy atom. The Hall–Kier alpha value is -1.84. The Bertz CT molecular complexity index is 546. The van der Waals surface area contributed by atoms with Gasteiger partial charge in [0, 0.05) is 32.6 Å². The van der Waals surface area contributed by atoms with Gasteiger partial charge in [0.05, 0.1) is 6.42 Å². The highest BCUT2D eigenvalue weighted by Gasteiger charge is 2.23. The van der Waals surface area contributed by atoms with Crippen LogP contribution in [0.25, 0.3) is 0 Å². The van der Waals surface area contributed by atoms with Crippen LogP contribution >= 0.6 is 0 Å². The lowest BCUT2D eigenvalue weighted by Gasteiger charge is -2.35. The molecule has 0 aliphatic carbocycles. The van der Waals surface area contributed by atoms with Crippen molar-refractivity contribution < 1.29 is 9.59 Å². The van der Waals surface area contributed by atoms with E-state index in [1.54, 1.807) is 0 Å². The van der Waals surface area contributed by atoms with E-state index in [4.69, 9.17) is 0 Å². The van der Waals surface area contributed by atoms with Crippen molar-refractivity contribution in [3.8, 4) is 0 Å². The summed E-state index contributed by atoms with van der Waals surface area (Å²) in [7, 11) is 0. The summed E-state index contributed by atoms with van der Waals surface area (Å²) < 4.78 is 0. The molecule has 0 bridgehead atoms. The second kappa shape index (κ2) is 7.43. The average molecular weight is 302 g/mol. The lowest BCUT2D eigenvalue weighted by molar-refractivity contribution is -0.139. The Morgan fingerprint density at radius 2 is 1.55 bits per heavy atom. The van der Waals surface area contributed by atoms with E-state index in [0.717, 1.165) is 12.0 Å². The van der Waals surface area contributed by atoms with Crippen molar-refractivity contribution in [1.82, 2.24) is 9.80 Å². The minimum absolute atomic E-state index is 0.158. The van der Waals surface area contributed by atoms with Gasteiger partial charge < -0.3 is 9.80 Å². The Labute approximate surface area is 133 Å². The number of hydrogen-bond acceptors (Lipinski definition) is 2. The molecule has 0 aromatic heterocycles. The maximum Gasteiger partial charge on any atom is 0.227 e. The van der Waals surface area contributed by atoms with E-state index in [1.165, 1.54) is 11.1 Å². The zero-order valence-corrected chi connectivity index (χ0v) is 13.9. The van der Waals surface area contributed by atoms with Gasteiger partial charge in [0.2, 0.25) is 11.8 Å².